The Bertz CT molecular complexity index is 171. The number of nitrogens with one attached hydrogen (secondary N) is 1. The smallest absolute Gasteiger partial charge is 0.189 e. The maximum absolute atomic E-state index is 5.76. The van der Waals surface area contributed by atoms with Crippen molar-refractivity contribution in [2.45, 2.75) is 59.5 Å². The summed E-state index contributed by atoms with van der Waals surface area (Å²) in [4.78, 5) is 4.44. The third kappa shape index (κ3) is 5.10. The third-order valence-corrected chi connectivity index (χ3v) is 2.51. The first kappa shape index (κ1) is 13.3. The summed E-state index contributed by atoms with van der Waals surface area (Å²) in [5, 5.41) is 3.10. The van der Waals surface area contributed by atoms with Crippen LogP contribution in [-0.2, 0) is 0 Å². The van der Waals surface area contributed by atoms with E-state index in [1.807, 2.05) is 0 Å². The summed E-state index contributed by atoms with van der Waals surface area (Å²) < 4.78 is 0. The van der Waals surface area contributed by atoms with E-state index in [9.17, 15) is 0 Å². The Morgan fingerprint density at radius 2 is 1.71 bits per heavy atom. The molecule has 3 nitrogen and oxygen atoms in total. The number of rotatable bonds is 5. The molecule has 0 amide bonds. The minimum absolute atomic E-state index is 0.316. The lowest BCUT2D eigenvalue weighted by Crippen LogP contribution is -2.38. The van der Waals surface area contributed by atoms with E-state index in [1.54, 1.807) is 0 Å². The van der Waals surface area contributed by atoms with Crippen LogP contribution in [0.25, 0.3) is 0 Å². The number of nitrogens with zero attached hydrogens (tertiary/aromatic N) is 1. The van der Waals surface area contributed by atoms with Crippen LogP contribution in [0.1, 0.15) is 47.5 Å². The van der Waals surface area contributed by atoms with Gasteiger partial charge in [-0.1, -0.05) is 26.7 Å². The molecule has 1 atom stereocenters. The van der Waals surface area contributed by atoms with Crippen molar-refractivity contribution in [2.75, 3.05) is 0 Å². The fourth-order valence-electron chi connectivity index (χ4n) is 1.63. The monoisotopic (exact) mass is 199 g/mol. The van der Waals surface area contributed by atoms with Gasteiger partial charge in [0.2, 0.25) is 0 Å². The van der Waals surface area contributed by atoms with Crippen LogP contribution in [0.4, 0.5) is 0 Å². The van der Waals surface area contributed by atoms with Crippen LogP contribution in [0.2, 0.25) is 0 Å². The first-order chi connectivity index (χ1) is 6.51. The van der Waals surface area contributed by atoms with Crippen LogP contribution < -0.4 is 11.1 Å². The topological polar surface area (TPSA) is 50.4 Å². The van der Waals surface area contributed by atoms with Gasteiger partial charge < -0.3 is 11.1 Å². The summed E-state index contributed by atoms with van der Waals surface area (Å²) in [7, 11) is 0. The van der Waals surface area contributed by atoms with E-state index in [4.69, 9.17) is 5.73 Å². The predicted octanol–water partition coefficient (Wildman–Crippen LogP) is 2.12. The van der Waals surface area contributed by atoms with E-state index < -0.39 is 0 Å². The van der Waals surface area contributed by atoms with Crippen molar-refractivity contribution < 1.29 is 0 Å². The van der Waals surface area contributed by atoms with Gasteiger partial charge in [-0.25, -0.2) is 0 Å². The van der Waals surface area contributed by atoms with E-state index in [-0.39, 0.29) is 0 Å². The Morgan fingerprint density at radius 3 is 2.07 bits per heavy atom. The molecule has 3 heteroatoms. The molecule has 0 aromatic heterocycles. The molecular weight excluding hydrogens is 174 g/mol. The lowest BCUT2D eigenvalue weighted by atomic mass is 9.96. The van der Waals surface area contributed by atoms with Gasteiger partial charge in [0.25, 0.3) is 0 Å². The molecule has 3 N–H and O–H groups in total. The normalized spacial score (nSPS) is 14.9. The molecule has 0 radical (unpaired) electrons. The third-order valence-electron chi connectivity index (χ3n) is 2.51. The SMILES string of the molecule is CCC(CC)C(C)N=C(N)NC(C)C. The minimum Gasteiger partial charge on any atom is -0.370 e. The molecule has 0 heterocycles. The minimum atomic E-state index is 0.316. The van der Waals surface area contributed by atoms with Crippen molar-refractivity contribution in [3.63, 3.8) is 0 Å². The van der Waals surface area contributed by atoms with Crippen molar-refractivity contribution in [3.8, 4) is 0 Å². The maximum Gasteiger partial charge on any atom is 0.189 e. The molecular formula is C11H25N3. The molecule has 0 aliphatic carbocycles. The highest BCUT2D eigenvalue weighted by molar-refractivity contribution is 5.78. The highest BCUT2D eigenvalue weighted by Gasteiger charge is 2.12. The van der Waals surface area contributed by atoms with E-state index in [0.29, 0.717) is 24.0 Å². The zero-order valence-electron chi connectivity index (χ0n) is 10.2. The number of guanidine groups is 1. The van der Waals surface area contributed by atoms with E-state index in [1.165, 1.54) is 0 Å². The van der Waals surface area contributed by atoms with Crippen LogP contribution in [0, 0.1) is 5.92 Å². The fourth-order valence-corrected chi connectivity index (χ4v) is 1.63. The Hall–Kier alpha value is -0.730. The summed E-state index contributed by atoms with van der Waals surface area (Å²) in [5.41, 5.74) is 5.76. The molecule has 0 spiro atoms. The van der Waals surface area contributed by atoms with Gasteiger partial charge in [0, 0.05) is 6.04 Å². The fraction of sp³-hybridized carbons (Fsp3) is 0.909. The highest BCUT2D eigenvalue weighted by Crippen LogP contribution is 2.15. The largest absolute Gasteiger partial charge is 0.370 e. The Kier molecular flexibility index (Phi) is 6.34. The quantitative estimate of drug-likeness (QED) is 0.526. The van der Waals surface area contributed by atoms with Crippen molar-refractivity contribution >= 4 is 5.96 Å². The molecule has 0 fully saturated rings. The number of nitrogens with two attached hydrogens (primary N) is 1. The van der Waals surface area contributed by atoms with Gasteiger partial charge in [-0.05, 0) is 26.7 Å². The van der Waals surface area contributed by atoms with E-state index in [2.05, 4.69) is 44.9 Å². The molecule has 0 aliphatic rings. The molecule has 1 unspecified atom stereocenters. The molecule has 0 saturated heterocycles. The Balaban J connectivity index is 4.18. The van der Waals surface area contributed by atoms with Crippen molar-refractivity contribution in [3.05, 3.63) is 0 Å². The van der Waals surface area contributed by atoms with Crippen LogP contribution in [0.3, 0.4) is 0 Å². The van der Waals surface area contributed by atoms with Crippen molar-refractivity contribution in [1.29, 1.82) is 0 Å². The van der Waals surface area contributed by atoms with Gasteiger partial charge in [0.15, 0.2) is 5.96 Å². The first-order valence-corrected chi connectivity index (χ1v) is 5.61. The molecule has 0 aromatic carbocycles. The lowest BCUT2D eigenvalue weighted by Gasteiger charge is -2.18. The molecule has 0 saturated carbocycles. The average Bonchev–Trinajstić information content (AvgIpc) is 2.04. The standard InChI is InChI=1S/C11H25N3/c1-6-10(7-2)9(5)14-11(12)13-8(3)4/h8-10H,6-7H2,1-5H3,(H3,12,13,14). The predicted molar refractivity (Wildman–Crippen MR) is 63.4 cm³/mol. The van der Waals surface area contributed by atoms with Gasteiger partial charge in [-0.15, -0.1) is 0 Å². The Morgan fingerprint density at radius 1 is 1.21 bits per heavy atom. The van der Waals surface area contributed by atoms with Crippen LogP contribution in [0.15, 0.2) is 4.99 Å². The zero-order chi connectivity index (χ0) is 11.1. The zero-order valence-corrected chi connectivity index (χ0v) is 10.2. The molecule has 0 rings (SSSR count). The summed E-state index contributed by atoms with van der Waals surface area (Å²) in [6, 6.07) is 0.670. The summed E-state index contributed by atoms with van der Waals surface area (Å²) in [6.07, 6.45) is 2.33. The summed E-state index contributed by atoms with van der Waals surface area (Å²) >= 11 is 0. The van der Waals surface area contributed by atoms with Crippen molar-refractivity contribution in [1.82, 2.24) is 5.32 Å². The van der Waals surface area contributed by atoms with Gasteiger partial charge in [-0.2, -0.15) is 0 Å². The molecule has 0 bridgehead atoms. The van der Waals surface area contributed by atoms with E-state index >= 15 is 0 Å². The number of hydrogen-bond acceptors (Lipinski definition) is 1. The van der Waals surface area contributed by atoms with Gasteiger partial charge >= 0.3 is 0 Å². The van der Waals surface area contributed by atoms with Gasteiger partial charge in [0.05, 0.1) is 6.04 Å². The first-order valence-electron chi connectivity index (χ1n) is 5.61. The second kappa shape index (κ2) is 6.68. The highest BCUT2D eigenvalue weighted by atomic mass is 15.1. The molecule has 14 heavy (non-hydrogen) atoms. The van der Waals surface area contributed by atoms with Gasteiger partial charge in [-0.3, -0.25) is 4.99 Å². The maximum atomic E-state index is 5.76. The second-order valence-corrected chi connectivity index (χ2v) is 4.13. The molecule has 84 valence electrons. The average molecular weight is 199 g/mol. The van der Waals surface area contributed by atoms with Crippen LogP contribution in [-0.4, -0.2) is 18.0 Å². The van der Waals surface area contributed by atoms with Crippen LogP contribution >= 0.6 is 0 Å². The van der Waals surface area contributed by atoms with Gasteiger partial charge in [0.1, 0.15) is 0 Å². The van der Waals surface area contributed by atoms with Crippen molar-refractivity contribution in [2.24, 2.45) is 16.6 Å². The molecule has 0 aliphatic heterocycles. The summed E-state index contributed by atoms with van der Waals surface area (Å²) in [5.74, 6) is 1.21. The van der Waals surface area contributed by atoms with E-state index in [0.717, 1.165) is 12.8 Å². The summed E-state index contributed by atoms with van der Waals surface area (Å²) in [6.45, 7) is 10.7. The Labute approximate surface area is 88.2 Å². The second-order valence-electron chi connectivity index (χ2n) is 4.13. The lowest BCUT2D eigenvalue weighted by molar-refractivity contribution is 0.417. The number of aliphatic imine (C=N–C) groups is 1. The molecule has 0 aromatic rings. The number of hydrogen-bond donors (Lipinski definition) is 2. The van der Waals surface area contributed by atoms with Crippen LogP contribution in [0.5, 0.6) is 0 Å².